The Bertz CT molecular complexity index is 4270. The number of oxazole rings is 3. The Morgan fingerprint density at radius 1 is 0.475 bits per heavy atom. The van der Waals surface area contributed by atoms with Crippen LogP contribution in [0.15, 0.2) is 232 Å². The number of carbonyl (C=O) groups excluding carboxylic acids is 3. The van der Waals surface area contributed by atoms with Crippen LogP contribution in [-0.4, -0.2) is 90.6 Å². The second kappa shape index (κ2) is 46.6. The zero-order valence-electron chi connectivity index (χ0n) is 53.7. The fourth-order valence-corrected chi connectivity index (χ4v) is 9.07. The molecule has 0 bridgehead atoms. The Morgan fingerprint density at radius 2 is 0.788 bits per heavy atom. The van der Waals surface area contributed by atoms with E-state index in [1.807, 2.05) is 140 Å². The number of carbonyl (C=O) groups is 4. The monoisotopic (exact) mass is 1460 g/mol. The van der Waals surface area contributed by atoms with Gasteiger partial charge in [0.1, 0.15) is 55.9 Å². The van der Waals surface area contributed by atoms with E-state index < -0.39 is 24.1 Å². The molecule has 0 fully saturated rings. The number of hydrogen-bond donors (Lipinski definition) is 2. The molecule has 99 heavy (non-hydrogen) atoms. The fourth-order valence-electron chi connectivity index (χ4n) is 8.58. The number of phenols is 1. The molecule has 0 amide bonds. The normalized spacial score (nSPS) is 10.5. The topological polar surface area (TPSA) is 314 Å². The maximum Gasteiger partial charge on any atom is 1.00 e. The molecule has 0 aliphatic rings. The Balaban J connectivity index is 0. The fraction of sp³-hybridized carbons (Fsp3) is 0.164. The van der Waals surface area contributed by atoms with Crippen molar-refractivity contribution in [3.05, 3.63) is 235 Å². The summed E-state index contributed by atoms with van der Waals surface area (Å²) in [5, 5.41) is 28.0. The van der Waals surface area contributed by atoms with Crippen molar-refractivity contribution in [2.45, 2.75) is 46.7 Å². The van der Waals surface area contributed by atoms with Gasteiger partial charge in [0, 0.05) is 11.1 Å². The molecule has 0 saturated heterocycles. The average Bonchev–Trinajstić information content (AvgIpc) is 1.61. The molecule has 0 radical (unpaired) electrons. The first-order valence-electron chi connectivity index (χ1n) is 27.3. The van der Waals surface area contributed by atoms with Gasteiger partial charge in [-0.1, -0.05) is 173 Å². The van der Waals surface area contributed by atoms with E-state index in [4.69, 9.17) is 51.7 Å². The number of rotatable bonds is 17. The largest absolute Gasteiger partial charge is 1.00 e. The van der Waals surface area contributed by atoms with E-state index in [9.17, 15) is 24.6 Å². The van der Waals surface area contributed by atoms with Crippen molar-refractivity contribution < 1.29 is 214 Å². The minimum atomic E-state index is -1.17. The van der Waals surface area contributed by atoms with Gasteiger partial charge in [0.15, 0.2) is 16.7 Å². The minimum absolute atomic E-state index is 0. The quantitative estimate of drug-likeness (QED) is 0.0233. The SMILES string of the molecule is C.C.C.C.COC(=O)C(Br)c1ccccc1.COC(=O)C(Oc1ccc(OC)cc1-c1nc2ccccc2o1)c1ccccc1.COc1ccc(O)c(-c2nc3ccccc3o2)c1.COc1ccc(OC(C(=O)O)c2ccccc2)c(-c2nc3ccccc3o2)c1.O=CO[O-].[H-].[K+].[K+].[Li+].[OH-]. The third kappa shape index (κ3) is 25.2. The molecule has 3 heterocycles. The molecule has 3 unspecified atom stereocenters. The number of methoxy groups -OCH3 is 5. The smallest absolute Gasteiger partial charge is 1.00 e. The molecule has 22 nitrogen and oxygen atoms in total. The molecule has 3 aromatic heterocycles. The number of halogens is 1. The van der Waals surface area contributed by atoms with Crippen LogP contribution in [0.3, 0.4) is 0 Å². The maximum absolute atomic E-state index is 12.4. The van der Waals surface area contributed by atoms with E-state index in [0.29, 0.717) is 96.5 Å². The summed E-state index contributed by atoms with van der Waals surface area (Å²) in [5.41, 5.74) is 7.89. The second-order valence-corrected chi connectivity index (χ2v) is 19.7. The van der Waals surface area contributed by atoms with Gasteiger partial charge in [-0.05, 0) is 96.6 Å². The van der Waals surface area contributed by atoms with E-state index in [1.54, 1.807) is 100 Å². The van der Waals surface area contributed by atoms with Crippen molar-refractivity contribution >= 4 is 73.6 Å². The number of aromatic nitrogens is 3. The summed E-state index contributed by atoms with van der Waals surface area (Å²) in [4.78, 5) is 59.6. The Kier molecular flexibility index (Phi) is 43.0. The molecular weight excluding hydrogens is 1390 g/mol. The number of hydrogen-bond acceptors (Lipinski definition) is 21. The Morgan fingerprint density at radius 3 is 1.13 bits per heavy atom. The number of nitrogens with zero attached hydrogens (tertiary/aromatic N) is 3. The van der Waals surface area contributed by atoms with Crippen LogP contribution in [0.5, 0.6) is 34.5 Å². The number of carboxylic acid groups (broad SMARTS) is 1. The van der Waals surface area contributed by atoms with Gasteiger partial charge in [0.25, 0.3) is 6.47 Å². The van der Waals surface area contributed by atoms with Crippen LogP contribution in [0.4, 0.5) is 0 Å². The predicted molar refractivity (Wildman–Crippen MR) is 366 cm³/mol. The zero-order valence-corrected chi connectivity index (χ0v) is 60.5. The molecule has 506 valence electrons. The Labute approximate surface area is 681 Å². The molecule has 0 aliphatic heterocycles. The summed E-state index contributed by atoms with van der Waals surface area (Å²) >= 11 is 3.24. The van der Waals surface area contributed by atoms with Crippen LogP contribution in [0.2, 0.25) is 0 Å². The number of phenolic OH excluding ortho intramolecular Hbond substituents is 1. The molecule has 3 atom stereocenters. The third-order valence-corrected chi connectivity index (χ3v) is 13.9. The number of esters is 2. The summed E-state index contributed by atoms with van der Waals surface area (Å²) in [6.07, 6.45) is -2.10. The van der Waals surface area contributed by atoms with Gasteiger partial charge in [-0.15, -0.1) is 0 Å². The van der Waals surface area contributed by atoms with Crippen LogP contribution in [-0.2, 0) is 33.5 Å². The van der Waals surface area contributed by atoms with E-state index in [-0.39, 0.29) is 181 Å². The molecule has 3 N–H and O–H groups in total. The number of aliphatic carboxylic acids is 1. The van der Waals surface area contributed by atoms with Crippen molar-refractivity contribution in [3.8, 4) is 68.9 Å². The van der Waals surface area contributed by atoms with Crippen LogP contribution >= 0.6 is 15.9 Å². The standard InChI is InChI=1S/C23H19NO5.C22H17NO5.C14H11NO3.C9H9BrO2.CH2O3.4CH4.2K.Li.H2O.H/c1-26-16-12-13-19(28-21(23(25)27-2)15-8-4-3-5-9-15)17(14-16)22-24-18-10-6-7-11-20(18)29-22;1-26-15-11-12-18(27-20(22(24)25)14-7-3-2-4-8-14)16(13-15)21-23-17-9-5-6-10-19(17)28-21;1-17-9-6-7-12(16)10(8-9)14-15-11-4-2-3-5-13(11)18-14;1-12-9(11)8(10)7-5-3-2-4-6-7;2-1-4-3;;;;;;;;;/h3-14,21H,1-2H3;2-13,20H,1H3,(H,24,25);2-8,16H,1H3;2-6,8H,1H3;1,3H;4*1H4;;;;1H2;/q;;;;;;;;;3*+1;;-1/p-2. The van der Waals surface area contributed by atoms with Gasteiger partial charge in [0.2, 0.25) is 29.9 Å². The molecule has 0 aliphatic carbocycles. The van der Waals surface area contributed by atoms with Gasteiger partial charge in [-0.2, -0.15) is 0 Å². The molecule has 0 spiro atoms. The van der Waals surface area contributed by atoms with Crippen LogP contribution in [0, 0.1) is 0 Å². The van der Waals surface area contributed by atoms with Gasteiger partial charge in [0.05, 0.1) is 52.2 Å². The molecule has 9 aromatic carbocycles. The Hall–Kier alpha value is -7.66. The van der Waals surface area contributed by atoms with Crippen molar-refractivity contribution in [2.75, 3.05) is 35.5 Å². The minimum Gasteiger partial charge on any atom is -1.00 e. The van der Waals surface area contributed by atoms with Gasteiger partial charge in [-0.25, -0.2) is 24.5 Å². The second-order valence-electron chi connectivity index (χ2n) is 18.7. The average molecular weight is 1460 g/mol. The number of fused-ring (bicyclic) bond motifs is 3. The van der Waals surface area contributed by atoms with Crippen LogP contribution in [0.1, 0.15) is 64.9 Å². The summed E-state index contributed by atoms with van der Waals surface area (Å²) in [7, 11) is 7.40. The summed E-state index contributed by atoms with van der Waals surface area (Å²) in [5.74, 6) is 1.92. The van der Waals surface area contributed by atoms with Crippen LogP contribution < -0.4 is 151 Å². The number of carboxylic acids is 1. The molecular formula is C73H75BrK2LiN3O19. The predicted octanol–water partition coefficient (Wildman–Crippen LogP) is 6.94. The molecule has 0 saturated carbocycles. The molecule has 12 rings (SSSR count). The summed E-state index contributed by atoms with van der Waals surface area (Å²) in [6, 6.07) is 64.9. The van der Waals surface area contributed by atoms with Gasteiger partial charge in [-0.3, -0.25) is 9.59 Å². The number of benzene rings is 9. The number of para-hydroxylation sites is 6. The van der Waals surface area contributed by atoms with E-state index in [1.165, 1.54) is 14.2 Å². The van der Waals surface area contributed by atoms with Gasteiger partial charge < -0.3 is 73.7 Å². The van der Waals surface area contributed by atoms with E-state index in [2.05, 4.69) is 40.5 Å². The van der Waals surface area contributed by atoms with Crippen LogP contribution in [0.25, 0.3) is 67.7 Å². The first-order chi connectivity index (χ1) is 44.3. The summed E-state index contributed by atoms with van der Waals surface area (Å²) < 4.78 is 54.7. The first-order valence-corrected chi connectivity index (χ1v) is 28.2. The van der Waals surface area contributed by atoms with E-state index >= 15 is 0 Å². The summed E-state index contributed by atoms with van der Waals surface area (Å²) in [6.45, 7) is -0.181. The van der Waals surface area contributed by atoms with E-state index in [0.717, 1.165) is 16.6 Å². The molecule has 26 heteroatoms. The first kappa shape index (κ1) is 91.3. The van der Waals surface area contributed by atoms with Crippen molar-refractivity contribution in [1.82, 2.24) is 15.0 Å². The number of alkyl halides is 1. The van der Waals surface area contributed by atoms with Crippen molar-refractivity contribution in [1.29, 1.82) is 0 Å². The van der Waals surface area contributed by atoms with Crippen molar-refractivity contribution in [3.63, 3.8) is 0 Å². The van der Waals surface area contributed by atoms with Gasteiger partial charge >= 0.3 is 140 Å². The number of aromatic hydroxyl groups is 1. The number of ether oxygens (including phenoxy) is 7. The molecule has 12 aromatic rings. The zero-order chi connectivity index (χ0) is 64.7. The van der Waals surface area contributed by atoms with Crippen molar-refractivity contribution in [2.24, 2.45) is 0 Å². The third-order valence-electron chi connectivity index (χ3n) is 13.0. The maximum atomic E-state index is 12.4.